The Morgan fingerprint density at radius 3 is 2.73 bits per heavy atom. The average molecular weight is 206 g/mol. The molecule has 1 rings (SSSR count). The zero-order chi connectivity index (χ0) is 10.9. The first-order valence-corrected chi connectivity index (χ1v) is 5.25. The second-order valence-corrected chi connectivity index (χ2v) is 3.50. The van der Waals surface area contributed by atoms with Gasteiger partial charge in [0.2, 0.25) is 0 Å². The van der Waals surface area contributed by atoms with Gasteiger partial charge in [-0.1, -0.05) is 42.5 Å². The summed E-state index contributed by atoms with van der Waals surface area (Å²) >= 11 is 0. The highest BCUT2D eigenvalue weighted by Crippen LogP contribution is 2.00. The van der Waals surface area contributed by atoms with Gasteiger partial charge in [0, 0.05) is 0 Å². The van der Waals surface area contributed by atoms with Gasteiger partial charge in [-0.3, -0.25) is 0 Å². The van der Waals surface area contributed by atoms with Crippen molar-refractivity contribution in [1.82, 2.24) is 0 Å². The summed E-state index contributed by atoms with van der Waals surface area (Å²) in [4.78, 5) is 0. The molecule has 82 valence electrons. The van der Waals surface area contributed by atoms with Gasteiger partial charge in [0.25, 0.3) is 0 Å². The van der Waals surface area contributed by atoms with E-state index in [1.54, 1.807) is 13.0 Å². The number of aliphatic hydroxyl groups excluding tert-OH is 1. The van der Waals surface area contributed by atoms with Gasteiger partial charge in [0.1, 0.15) is 0 Å². The van der Waals surface area contributed by atoms with Crippen LogP contribution in [-0.2, 0) is 11.3 Å². The standard InChI is InChI=1S/C13H18O2/c1-12(14)7-5-6-10-15-11-13-8-3-2-4-9-13/h2-5,7-9,12,14H,6,10-11H2,1H3/b7-5+/t12-/m1/s1. The number of hydrogen-bond donors (Lipinski definition) is 1. The maximum absolute atomic E-state index is 8.96. The summed E-state index contributed by atoms with van der Waals surface area (Å²) in [6.45, 7) is 3.09. The second kappa shape index (κ2) is 7.21. The molecule has 0 aliphatic carbocycles. The van der Waals surface area contributed by atoms with E-state index >= 15 is 0 Å². The SMILES string of the molecule is C[C@@H](O)/C=C/CCOCc1ccccc1. The molecule has 0 fully saturated rings. The Bertz CT molecular complexity index is 278. The molecule has 0 unspecified atom stereocenters. The monoisotopic (exact) mass is 206 g/mol. The maximum Gasteiger partial charge on any atom is 0.0717 e. The average Bonchev–Trinajstić information content (AvgIpc) is 2.24. The van der Waals surface area contributed by atoms with Crippen molar-refractivity contribution in [2.75, 3.05) is 6.61 Å². The smallest absolute Gasteiger partial charge is 0.0717 e. The molecule has 0 aromatic heterocycles. The van der Waals surface area contributed by atoms with Crippen molar-refractivity contribution in [2.24, 2.45) is 0 Å². The summed E-state index contributed by atoms with van der Waals surface area (Å²) in [5.74, 6) is 0. The van der Waals surface area contributed by atoms with Gasteiger partial charge in [0.05, 0.1) is 19.3 Å². The van der Waals surface area contributed by atoms with Crippen LogP contribution >= 0.6 is 0 Å². The summed E-state index contributed by atoms with van der Waals surface area (Å²) in [7, 11) is 0. The molecule has 1 N–H and O–H groups in total. The number of hydrogen-bond acceptors (Lipinski definition) is 2. The molecule has 0 radical (unpaired) electrons. The van der Waals surface area contributed by atoms with Crippen LogP contribution in [0.1, 0.15) is 18.9 Å². The van der Waals surface area contributed by atoms with Crippen LogP contribution in [0, 0.1) is 0 Å². The molecule has 1 aromatic carbocycles. The molecule has 1 aromatic rings. The maximum atomic E-state index is 8.96. The molecular weight excluding hydrogens is 188 g/mol. The minimum absolute atomic E-state index is 0.362. The highest BCUT2D eigenvalue weighted by Gasteiger charge is 1.90. The quantitative estimate of drug-likeness (QED) is 0.572. The molecule has 0 spiro atoms. The molecule has 0 aliphatic rings. The van der Waals surface area contributed by atoms with Crippen LogP contribution in [0.25, 0.3) is 0 Å². The molecule has 0 saturated heterocycles. The lowest BCUT2D eigenvalue weighted by molar-refractivity contribution is 0.125. The number of aliphatic hydroxyl groups is 1. The van der Waals surface area contributed by atoms with E-state index in [0.29, 0.717) is 13.2 Å². The number of benzene rings is 1. The molecule has 0 bridgehead atoms. The van der Waals surface area contributed by atoms with Crippen molar-refractivity contribution in [2.45, 2.75) is 26.1 Å². The topological polar surface area (TPSA) is 29.5 Å². The van der Waals surface area contributed by atoms with E-state index in [1.807, 2.05) is 36.4 Å². The minimum atomic E-state index is -0.362. The van der Waals surface area contributed by atoms with Gasteiger partial charge in [-0.15, -0.1) is 0 Å². The van der Waals surface area contributed by atoms with Gasteiger partial charge >= 0.3 is 0 Å². The van der Waals surface area contributed by atoms with E-state index in [-0.39, 0.29) is 6.10 Å². The third kappa shape index (κ3) is 6.05. The second-order valence-electron chi connectivity index (χ2n) is 3.50. The molecule has 0 heterocycles. The fourth-order valence-corrected chi connectivity index (χ4v) is 1.21. The van der Waals surface area contributed by atoms with E-state index in [2.05, 4.69) is 0 Å². The molecule has 1 atom stereocenters. The van der Waals surface area contributed by atoms with Crippen molar-refractivity contribution in [3.63, 3.8) is 0 Å². The predicted octanol–water partition coefficient (Wildman–Crippen LogP) is 2.53. The van der Waals surface area contributed by atoms with Crippen LogP contribution in [0.5, 0.6) is 0 Å². The van der Waals surface area contributed by atoms with Gasteiger partial charge in [0.15, 0.2) is 0 Å². The summed E-state index contributed by atoms with van der Waals surface area (Å²) < 4.78 is 5.47. The fourth-order valence-electron chi connectivity index (χ4n) is 1.21. The highest BCUT2D eigenvalue weighted by molar-refractivity contribution is 5.13. The Kier molecular flexibility index (Phi) is 5.74. The van der Waals surface area contributed by atoms with E-state index in [9.17, 15) is 0 Å². The third-order valence-electron chi connectivity index (χ3n) is 1.96. The molecule has 0 saturated carbocycles. The lowest BCUT2D eigenvalue weighted by atomic mass is 10.2. The zero-order valence-electron chi connectivity index (χ0n) is 9.10. The first kappa shape index (κ1) is 12.0. The van der Waals surface area contributed by atoms with Crippen LogP contribution in [0.2, 0.25) is 0 Å². The van der Waals surface area contributed by atoms with Crippen molar-refractivity contribution < 1.29 is 9.84 Å². The van der Waals surface area contributed by atoms with Crippen LogP contribution in [0.4, 0.5) is 0 Å². The first-order valence-electron chi connectivity index (χ1n) is 5.25. The third-order valence-corrected chi connectivity index (χ3v) is 1.96. The minimum Gasteiger partial charge on any atom is -0.389 e. The predicted molar refractivity (Wildman–Crippen MR) is 61.5 cm³/mol. The molecule has 2 heteroatoms. The van der Waals surface area contributed by atoms with Crippen molar-refractivity contribution in [3.8, 4) is 0 Å². The highest BCUT2D eigenvalue weighted by atomic mass is 16.5. The number of rotatable bonds is 6. The van der Waals surface area contributed by atoms with Crippen LogP contribution in [0.3, 0.4) is 0 Å². The Balaban J connectivity index is 2.07. The van der Waals surface area contributed by atoms with Crippen molar-refractivity contribution >= 4 is 0 Å². The first-order chi connectivity index (χ1) is 7.29. The van der Waals surface area contributed by atoms with E-state index < -0.39 is 0 Å². The van der Waals surface area contributed by atoms with Crippen molar-refractivity contribution in [3.05, 3.63) is 48.0 Å². The Labute approximate surface area is 91.2 Å². The summed E-state index contributed by atoms with van der Waals surface area (Å²) in [6.07, 6.45) is 4.19. The van der Waals surface area contributed by atoms with Gasteiger partial charge in [-0.2, -0.15) is 0 Å². The van der Waals surface area contributed by atoms with Gasteiger partial charge in [-0.25, -0.2) is 0 Å². The zero-order valence-corrected chi connectivity index (χ0v) is 9.10. The summed E-state index contributed by atoms with van der Waals surface area (Å²) in [5.41, 5.74) is 1.19. The van der Waals surface area contributed by atoms with E-state index in [0.717, 1.165) is 6.42 Å². The molecule has 0 amide bonds. The van der Waals surface area contributed by atoms with Crippen LogP contribution in [0.15, 0.2) is 42.5 Å². The molecule has 15 heavy (non-hydrogen) atoms. The lowest BCUT2D eigenvalue weighted by Gasteiger charge is -2.02. The van der Waals surface area contributed by atoms with Crippen LogP contribution < -0.4 is 0 Å². The Morgan fingerprint density at radius 1 is 1.33 bits per heavy atom. The fraction of sp³-hybridized carbons (Fsp3) is 0.385. The van der Waals surface area contributed by atoms with Crippen LogP contribution in [-0.4, -0.2) is 17.8 Å². The van der Waals surface area contributed by atoms with E-state index in [4.69, 9.17) is 9.84 Å². The Morgan fingerprint density at radius 2 is 2.07 bits per heavy atom. The Hall–Kier alpha value is -1.12. The van der Waals surface area contributed by atoms with Crippen molar-refractivity contribution in [1.29, 1.82) is 0 Å². The molecular formula is C13H18O2. The van der Waals surface area contributed by atoms with Gasteiger partial charge in [-0.05, 0) is 18.9 Å². The largest absolute Gasteiger partial charge is 0.389 e. The summed E-state index contributed by atoms with van der Waals surface area (Å²) in [6, 6.07) is 10.1. The summed E-state index contributed by atoms with van der Waals surface area (Å²) in [5, 5.41) is 8.96. The van der Waals surface area contributed by atoms with E-state index in [1.165, 1.54) is 5.56 Å². The number of ether oxygens (including phenoxy) is 1. The molecule has 2 nitrogen and oxygen atoms in total. The molecule has 0 aliphatic heterocycles. The van der Waals surface area contributed by atoms with Gasteiger partial charge < -0.3 is 9.84 Å². The lowest BCUT2D eigenvalue weighted by Crippen LogP contribution is -1.95. The normalized spacial score (nSPS) is 13.2.